The minimum Gasteiger partial charge on any atom is -0.450 e. The average Bonchev–Trinajstić information content (AvgIpc) is 3.29. The van der Waals surface area contributed by atoms with Gasteiger partial charge in [0.15, 0.2) is 0 Å². The summed E-state index contributed by atoms with van der Waals surface area (Å²) in [5, 5.41) is 3.50. The Bertz CT molecular complexity index is 926. The van der Waals surface area contributed by atoms with Gasteiger partial charge in [0.2, 0.25) is 5.95 Å². The lowest BCUT2D eigenvalue weighted by atomic mass is 10.3. The molecule has 0 saturated carbocycles. The molecule has 4 rings (SSSR count). The fourth-order valence-electron chi connectivity index (χ4n) is 3.36. The molecule has 1 amide bonds. The maximum Gasteiger partial charge on any atom is 0.409 e. The summed E-state index contributed by atoms with van der Waals surface area (Å²) in [6, 6.07) is 8.14. The number of nitrogens with one attached hydrogen (secondary N) is 1. The quantitative estimate of drug-likeness (QED) is 0.747. The second-order valence-electron chi connectivity index (χ2n) is 6.48. The van der Waals surface area contributed by atoms with Gasteiger partial charge in [-0.25, -0.2) is 9.78 Å². The number of amides is 1. The Morgan fingerprint density at radius 1 is 1.33 bits per heavy atom. The Balaban J connectivity index is 1.56. The number of imidazole rings is 1. The number of hydrogen-bond acceptors (Lipinski definition) is 6. The molecule has 0 aliphatic carbocycles. The van der Waals surface area contributed by atoms with Gasteiger partial charge in [0.25, 0.3) is 0 Å². The zero-order chi connectivity index (χ0) is 18.6. The first kappa shape index (κ1) is 17.3. The van der Waals surface area contributed by atoms with Gasteiger partial charge in [0, 0.05) is 31.5 Å². The summed E-state index contributed by atoms with van der Waals surface area (Å²) in [5.41, 5.74) is 2.82. The number of ether oxygens (including phenoxy) is 1. The molecule has 140 valence electrons. The number of carbonyl (C=O) groups excluding carboxylic acids is 1. The lowest BCUT2D eigenvalue weighted by Crippen LogP contribution is -2.32. The lowest BCUT2D eigenvalue weighted by Gasteiger charge is -2.17. The van der Waals surface area contributed by atoms with Gasteiger partial charge in [0.1, 0.15) is 0 Å². The molecule has 27 heavy (non-hydrogen) atoms. The molecule has 8 nitrogen and oxygen atoms in total. The third-order valence-electron chi connectivity index (χ3n) is 4.64. The molecule has 1 saturated heterocycles. The Kier molecular flexibility index (Phi) is 4.86. The Labute approximate surface area is 157 Å². The number of fused-ring (bicyclic) bond motifs is 1. The number of anilines is 1. The van der Waals surface area contributed by atoms with Gasteiger partial charge in [-0.15, -0.1) is 0 Å². The van der Waals surface area contributed by atoms with Crippen LogP contribution in [-0.2, 0) is 11.3 Å². The molecule has 1 aromatic carbocycles. The summed E-state index contributed by atoms with van der Waals surface area (Å²) >= 11 is 0. The van der Waals surface area contributed by atoms with E-state index in [4.69, 9.17) is 9.72 Å². The highest BCUT2D eigenvalue weighted by molar-refractivity contribution is 5.78. The highest BCUT2D eigenvalue weighted by atomic mass is 16.6. The standard InChI is InChI=1S/C19H22N6O2/c1-2-27-19(26)24-10-7-14(12-24)22-18-23-16-5-3-4-6-17(16)25(18)13-15-11-20-8-9-21-15/h3-6,8-9,11,14H,2,7,10,12-13H2,1H3,(H,22,23). The van der Waals surface area contributed by atoms with Crippen LogP contribution in [-0.4, -0.2) is 56.3 Å². The zero-order valence-electron chi connectivity index (χ0n) is 15.2. The molecular formula is C19H22N6O2. The van der Waals surface area contributed by atoms with Crippen molar-refractivity contribution in [2.24, 2.45) is 0 Å². The van der Waals surface area contributed by atoms with E-state index in [2.05, 4.69) is 19.9 Å². The number of rotatable bonds is 5. The van der Waals surface area contributed by atoms with Crippen LogP contribution in [0, 0.1) is 0 Å². The van der Waals surface area contributed by atoms with Crippen molar-refractivity contribution in [1.29, 1.82) is 0 Å². The number of carbonyl (C=O) groups is 1. The van der Waals surface area contributed by atoms with E-state index in [1.54, 1.807) is 23.5 Å². The second-order valence-corrected chi connectivity index (χ2v) is 6.48. The first-order valence-electron chi connectivity index (χ1n) is 9.13. The fraction of sp³-hybridized carbons (Fsp3) is 0.368. The number of hydrogen-bond donors (Lipinski definition) is 1. The molecule has 1 aliphatic heterocycles. The maximum atomic E-state index is 11.9. The molecule has 8 heteroatoms. The molecule has 1 aliphatic rings. The third kappa shape index (κ3) is 3.69. The van der Waals surface area contributed by atoms with Crippen LogP contribution in [0.1, 0.15) is 19.0 Å². The highest BCUT2D eigenvalue weighted by Gasteiger charge is 2.28. The summed E-state index contributed by atoms with van der Waals surface area (Å²) in [6.07, 6.45) is 5.71. The Hall–Kier alpha value is -3.16. The van der Waals surface area contributed by atoms with Crippen molar-refractivity contribution in [3.63, 3.8) is 0 Å². The summed E-state index contributed by atoms with van der Waals surface area (Å²) in [5.74, 6) is 0.776. The maximum absolute atomic E-state index is 11.9. The Morgan fingerprint density at radius 2 is 2.22 bits per heavy atom. The van der Waals surface area contributed by atoms with Crippen LogP contribution in [0.25, 0.3) is 11.0 Å². The summed E-state index contributed by atoms with van der Waals surface area (Å²) < 4.78 is 7.20. The largest absolute Gasteiger partial charge is 0.450 e. The molecule has 0 bridgehead atoms. The fourth-order valence-corrected chi connectivity index (χ4v) is 3.36. The van der Waals surface area contributed by atoms with E-state index in [0.29, 0.717) is 26.2 Å². The zero-order valence-corrected chi connectivity index (χ0v) is 15.2. The van der Waals surface area contributed by atoms with Crippen LogP contribution in [0.4, 0.5) is 10.7 Å². The van der Waals surface area contributed by atoms with Crippen LogP contribution < -0.4 is 5.32 Å². The smallest absolute Gasteiger partial charge is 0.409 e. The van der Waals surface area contributed by atoms with Gasteiger partial charge in [0.05, 0.1) is 36.1 Å². The van der Waals surface area contributed by atoms with E-state index in [1.807, 2.05) is 31.2 Å². The molecule has 1 fully saturated rings. The van der Waals surface area contributed by atoms with E-state index in [0.717, 1.165) is 29.1 Å². The number of likely N-dealkylation sites (tertiary alicyclic amines) is 1. The van der Waals surface area contributed by atoms with Crippen molar-refractivity contribution in [1.82, 2.24) is 24.4 Å². The second kappa shape index (κ2) is 7.61. The predicted octanol–water partition coefficient (Wildman–Crippen LogP) is 2.52. The number of nitrogens with zero attached hydrogens (tertiary/aromatic N) is 5. The van der Waals surface area contributed by atoms with Crippen LogP contribution in [0.5, 0.6) is 0 Å². The van der Waals surface area contributed by atoms with E-state index in [-0.39, 0.29) is 12.1 Å². The van der Waals surface area contributed by atoms with Gasteiger partial charge in [-0.3, -0.25) is 9.97 Å². The number of aromatic nitrogens is 4. The SMILES string of the molecule is CCOC(=O)N1CCC(Nc2nc3ccccc3n2Cc2cnccn2)C1. The minimum atomic E-state index is -0.255. The van der Waals surface area contributed by atoms with E-state index in [1.165, 1.54) is 0 Å². The normalized spacial score (nSPS) is 16.6. The van der Waals surface area contributed by atoms with Crippen molar-refractivity contribution in [2.75, 3.05) is 25.0 Å². The topological polar surface area (TPSA) is 85.2 Å². The molecule has 1 unspecified atom stereocenters. The van der Waals surface area contributed by atoms with Crippen LogP contribution >= 0.6 is 0 Å². The van der Waals surface area contributed by atoms with Gasteiger partial charge < -0.3 is 19.5 Å². The monoisotopic (exact) mass is 366 g/mol. The minimum absolute atomic E-state index is 0.131. The highest BCUT2D eigenvalue weighted by Crippen LogP contribution is 2.23. The van der Waals surface area contributed by atoms with E-state index in [9.17, 15) is 4.79 Å². The van der Waals surface area contributed by atoms with E-state index >= 15 is 0 Å². The van der Waals surface area contributed by atoms with Crippen molar-refractivity contribution in [3.8, 4) is 0 Å². The summed E-state index contributed by atoms with van der Waals surface area (Å²) in [6.45, 7) is 4.07. The van der Waals surface area contributed by atoms with Gasteiger partial charge in [-0.1, -0.05) is 12.1 Å². The molecule has 2 aromatic heterocycles. The number of benzene rings is 1. The molecule has 0 radical (unpaired) electrons. The van der Waals surface area contributed by atoms with Crippen molar-refractivity contribution in [3.05, 3.63) is 48.5 Å². The first-order chi connectivity index (χ1) is 13.2. The molecule has 1 N–H and O–H groups in total. The predicted molar refractivity (Wildman–Crippen MR) is 101 cm³/mol. The van der Waals surface area contributed by atoms with Crippen LogP contribution in [0.15, 0.2) is 42.9 Å². The number of para-hydroxylation sites is 2. The average molecular weight is 366 g/mol. The van der Waals surface area contributed by atoms with Crippen molar-refractivity contribution in [2.45, 2.75) is 25.9 Å². The summed E-state index contributed by atoms with van der Waals surface area (Å²) in [4.78, 5) is 26.9. The van der Waals surface area contributed by atoms with Crippen molar-refractivity contribution >= 4 is 23.1 Å². The van der Waals surface area contributed by atoms with Crippen LogP contribution in [0.3, 0.4) is 0 Å². The van der Waals surface area contributed by atoms with Crippen LogP contribution in [0.2, 0.25) is 0 Å². The molecule has 3 aromatic rings. The lowest BCUT2D eigenvalue weighted by molar-refractivity contribution is 0.115. The molecule has 1 atom stereocenters. The van der Waals surface area contributed by atoms with Gasteiger partial charge in [-0.2, -0.15) is 0 Å². The third-order valence-corrected chi connectivity index (χ3v) is 4.64. The Morgan fingerprint density at radius 3 is 3.04 bits per heavy atom. The molecule has 3 heterocycles. The molecular weight excluding hydrogens is 344 g/mol. The van der Waals surface area contributed by atoms with Gasteiger partial charge in [-0.05, 0) is 25.5 Å². The molecule has 0 spiro atoms. The summed E-state index contributed by atoms with van der Waals surface area (Å²) in [7, 11) is 0. The van der Waals surface area contributed by atoms with Crippen molar-refractivity contribution < 1.29 is 9.53 Å². The van der Waals surface area contributed by atoms with E-state index < -0.39 is 0 Å². The van der Waals surface area contributed by atoms with Gasteiger partial charge >= 0.3 is 6.09 Å². The first-order valence-corrected chi connectivity index (χ1v) is 9.13.